The number of fused-ring (bicyclic) bond motifs is 1. The minimum Gasteiger partial charge on any atom is -0.323 e. The molecule has 3 aromatic rings. The van der Waals surface area contributed by atoms with Crippen molar-refractivity contribution >= 4 is 17.2 Å². The van der Waals surface area contributed by atoms with Crippen LogP contribution in [0.3, 0.4) is 0 Å². The van der Waals surface area contributed by atoms with E-state index in [-0.39, 0.29) is 5.91 Å². The van der Waals surface area contributed by atoms with Crippen LogP contribution >= 0.6 is 0 Å². The van der Waals surface area contributed by atoms with Gasteiger partial charge in [0.2, 0.25) is 5.91 Å². The molecule has 0 atom stereocenters. The highest BCUT2D eigenvalue weighted by molar-refractivity contribution is 5.98. The van der Waals surface area contributed by atoms with Crippen LogP contribution in [-0.4, -0.2) is 15.3 Å². The number of aromatic nitrogens is 2. The van der Waals surface area contributed by atoms with E-state index >= 15 is 0 Å². The first kappa shape index (κ1) is 13.1. The topological polar surface area (TPSA) is 46.4 Å². The Bertz CT molecular complexity index is 816. The van der Waals surface area contributed by atoms with Gasteiger partial charge in [-0.3, -0.25) is 4.79 Å². The fourth-order valence-electron chi connectivity index (χ4n) is 2.14. The van der Waals surface area contributed by atoms with Gasteiger partial charge in [-0.05, 0) is 42.8 Å². The third-order valence-corrected chi connectivity index (χ3v) is 3.25. The van der Waals surface area contributed by atoms with Crippen LogP contribution in [0.5, 0.6) is 0 Å². The van der Waals surface area contributed by atoms with Crippen LogP contribution in [0.4, 0.5) is 5.69 Å². The molecule has 0 aliphatic carbocycles. The van der Waals surface area contributed by atoms with E-state index in [0.29, 0.717) is 0 Å². The number of amides is 1. The van der Waals surface area contributed by atoms with E-state index in [0.717, 1.165) is 22.6 Å². The van der Waals surface area contributed by atoms with Crippen LogP contribution in [0.25, 0.3) is 16.9 Å². The van der Waals surface area contributed by atoms with E-state index in [2.05, 4.69) is 16.9 Å². The lowest BCUT2D eigenvalue weighted by Gasteiger charge is -2.02. The standard InChI is InChI=1S/C17H15N3O/c1-3-17(21)18-14-6-4-13(5-7-14)15-11-20-9-8-12(2)10-16(20)19-15/h3-11H,1H2,2H3,(H,18,21). The second kappa shape index (κ2) is 5.25. The van der Waals surface area contributed by atoms with E-state index in [1.165, 1.54) is 11.6 Å². The fourth-order valence-corrected chi connectivity index (χ4v) is 2.14. The molecule has 4 heteroatoms. The number of carbonyl (C=O) groups excluding carboxylic acids is 1. The zero-order valence-electron chi connectivity index (χ0n) is 11.7. The molecule has 104 valence electrons. The van der Waals surface area contributed by atoms with Crippen LogP contribution in [0.1, 0.15) is 5.56 Å². The predicted molar refractivity (Wildman–Crippen MR) is 84.2 cm³/mol. The molecule has 0 unspecified atom stereocenters. The number of benzene rings is 1. The maximum Gasteiger partial charge on any atom is 0.247 e. The van der Waals surface area contributed by atoms with Gasteiger partial charge in [0.1, 0.15) is 5.65 Å². The summed E-state index contributed by atoms with van der Waals surface area (Å²) in [5.74, 6) is -0.217. The predicted octanol–water partition coefficient (Wildman–Crippen LogP) is 3.43. The van der Waals surface area contributed by atoms with Crippen molar-refractivity contribution in [3.05, 3.63) is 67.0 Å². The summed E-state index contributed by atoms with van der Waals surface area (Å²) in [5.41, 5.74) is 4.76. The summed E-state index contributed by atoms with van der Waals surface area (Å²) in [6.07, 6.45) is 5.24. The maximum absolute atomic E-state index is 11.2. The normalized spacial score (nSPS) is 10.5. The SMILES string of the molecule is C=CC(=O)Nc1ccc(-c2cn3ccc(C)cc3n2)cc1. The first-order valence-corrected chi connectivity index (χ1v) is 6.65. The van der Waals surface area contributed by atoms with Gasteiger partial charge in [0.15, 0.2) is 0 Å². The maximum atomic E-state index is 11.2. The van der Waals surface area contributed by atoms with Crippen molar-refractivity contribution in [2.45, 2.75) is 6.92 Å². The van der Waals surface area contributed by atoms with Crippen molar-refractivity contribution in [1.29, 1.82) is 0 Å². The number of nitrogens with zero attached hydrogens (tertiary/aromatic N) is 2. The lowest BCUT2D eigenvalue weighted by molar-refractivity contribution is -0.111. The molecule has 0 aliphatic heterocycles. The Kier molecular flexibility index (Phi) is 3.28. The lowest BCUT2D eigenvalue weighted by Crippen LogP contribution is -2.06. The van der Waals surface area contributed by atoms with Gasteiger partial charge in [0, 0.05) is 23.6 Å². The Balaban J connectivity index is 1.91. The number of hydrogen-bond acceptors (Lipinski definition) is 2. The lowest BCUT2D eigenvalue weighted by atomic mass is 10.1. The highest BCUT2D eigenvalue weighted by Gasteiger charge is 2.05. The Morgan fingerprint density at radius 3 is 2.76 bits per heavy atom. The summed E-state index contributed by atoms with van der Waals surface area (Å²) in [5, 5.41) is 2.72. The van der Waals surface area contributed by atoms with Crippen molar-refractivity contribution < 1.29 is 4.79 Å². The minimum absolute atomic E-state index is 0.217. The van der Waals surface area contributed by atoms with E-state index in [9.17, 15) is 4.79 Å². The van der Waals surface area contributed by atoms with Gasteiger partial charge in [0.05, 0.1) is 5.69 Å². The average molecular weight is 277 g/mol. The van der Waals surface area contributed by atoms with Crippen LogP contribution in [-0.2, 0) is 4.79 Å². The molecule has 2 aromatic heterocycles. The number of anilines is 1. The molecule has 21 heavy (non-hydrogen) atoms. The van der Waals surface area contributed by atoms with Crippen LogP contribution in [0.2, 0.25) is 0 Å². The number of aryl methyl sites for hydroxylation is 1. The minimum atomic E-state index is -0.217. The van der Waals surface area contributed by atoms with Crippen LogP contribution in [0, 0.1) is 6.92 Å². The zero-order chi connectivity index (χ0) is 14.8. The first-order chi connectivity index (χ1) is 10.2. The number of nitrogens with one attached hydrogen (secondary N) is 1. The Morgan fingerprint density at radius 2 is 2.05 bits per heavy atom. The van der Waals surface area contributed by atoms with Crippen molar-refractivity contribution in [3.63, 3.8) is 0 Å². The number of pyridine rings is 1. The molecular weight excluding hydrogens is 262 g/mol. The quantitative estimate of drug-likeness (QED) is 0.745. The summed E-state index contributed by atoms with van der Waals surface area (Å²) in [6, 6.07) is 11.7. The number of carbonyl (C=O) groups is 1. The highest BCUT2D eigenvalue weighted by Crippen LogP contribution is 2.21. The van der Waals surface area contributed by atoms with Gasteiger partial charge in [-0.1, -0.05) is 18.7 Å². The summed E-state index contributed by atoms with van der Waals surface area (Å²) in [4.78, 5) is 15.9. The van der Waals surface area contributed by atoms with Crippen LogP contribution < -0.4 is 5.32 Å². The molecule has 0 saturated heterocycles. The van der Waals surface area contributed by atoms with E-state index < -0.39 is 0 Å². The number of hydrogen-bond donors (Lipinski definition) is 1. The molecule has 1 amide bonds. The van der Waals surface area contributed by atoms with E-state index in [1.807, 2.05) is 60.1 Å². The zero-order valence-corrected chi connectivity index (χ0v) is 11.7. The molecule has 0 bridgehead atoms. The Hall–Kier alpha value is -2.88. The molecule has 0 saturated carbocycles. The van der Waals surface area contributed by atoms with Gasteiger partial charge in [0.25, 0.3) is 0 Å². The average Bonchev–Trinajstić information content (AvgIpc) is 2.90. The summed E-state index contributed by atoms with van der Waals surface area (Å²) in [7, 11) is 0. The third kappa shape index (κ3) is 2.69. The first-order valence-electron chi connectivity index (χ1n) is 6.65. The van der Waals surface area contributed by atoms with Crippen molar-refractivity contribution in [1.82, 2.24) is 9.38 Å². The second-order valence-electron chi connectivity index (χ2n) is 4.87. The van der Waals surface area contributed by atoms with Gasteiger partial charge in [-0.15, -0.1) is 0 Å². The Morgan fingerprint density at radius 1 is 1.29 bits per heavy atom. The molecule has 1 N–H and O–H groups in total. The molecule has 0 fully saturated rings. The van der Waals surface area contributed by atoms with E-state index in [1.54, 1.807) is 0 Å². The second-order valence-corrected chi connectivity index (χ2v) is 4.87. The Labute approximate surface area is 122 Å². The van der Waals surface area contributed by atoms with Crippen molar-refractivity contribution in [2.24, 2.45) is 0 Å². The van der Waals surface area contributed by atoms with Gasteiger partial charge in [-0.25, -0.2) is 4.98 Å². The van der Waals surface area contributed by atoms with Gasteiger partial charge in [-0.2, -0.15) is 0 Å². The van der Waals surface area contributed by atoms with Gasteiger partial charge >= 0.3 is 0 Å². The smallest absolute Gasteiger partial charge is 0.247 e. The molecule has 0 aliphatic rings. The molecular formula is C17H15N3O. The number of rotatable bonds is 3. The molecule has 0 radical (unpaired) electrons. The van der Waals surface area contributed by atoms with Crippen molar-refractivity contribution in [2.75, 3.05) is 5.32 Å². The number of imidazole rings is 1. The molecule has 1 aromatic carbocycles. The van der Waals surface area contributed by atoms with Crippen molar-refractivity contribution in [3.8, 4) is 11.3 Å². The molecule has 0 spiro atoms. The van der Waals surface area contributed by atoms with Gasteiger partial charge < -0.3 is 9.72 Å². The summed E-state index contributed by atoms with van der Waals surface area (Å²) in [6.45, 7) is 5.48. The summed E-state index contributed by atoms with van der Waals surface area (Å²) < 4.78 is 2.00. The molecule has 2 heterocycles. The van der Waals surface area contributed by atoms with E-state index in [4.69, 9.17) is 0 Å². The molecule has 3 rings (SSSR count). The summed E-state index contributed by atoms with van der Waals surface area (Å²) >= 11 is 0. The monoisotopic (exact) mass is 277 g/mol. The fraction of sp³-hybridized carbons (Fsp3) is 0.0588. The van der Waals surface area contributed by atoms with Crippen LogP contribution in [0.15, 0.2) is 61.4 Å². The highest BCUT2D eigenvalue weighted by atomic mass is 16.1. The largest absolute Gasteiger partial charge is 0.323 e. The third-order valence-electron chi connectivity index (χ3n) is 3.25. The molecule has 4 nitrogen and oxygen atoms in total.